The van der Waals surface area contributed by atoms with Crippen molar-refractivity contribution in [2.75, 3.05) is 11.9 Å². The first-order valence-electron chi connectivity index (χ1n) is 6.23. The number of nitrogens with zero attached hydrogens (tertiary/aromatic N) is 3. The summed E-state index contributed by atoms with van der Waals surface area (Å²) in [6, 6.07) is 4.17. The highest BCUT2D eigenvalue weighted by atomic mass is 35.5. The lowest BCUT2D eigenvalue weighted by atomic mass is 10.3. The number of rotatable bonds is 7. The van der Waals surface area contributed by atoms with Gasteiger partial charge in [-0.1, -0.05) is 29.9 Å². The average molecular weight is 329 g/mol. The van der Waals surface area contributed by atoms with Crippen molar-refractivity contribution in [3.8, 4) is 5.75 Å². The largest absolute Gasteiger partial charge is 0.479 e. The summed E-state index contributed by atoms with van der Waals surface area (Å²) in [5, 5.41) is 23.6. The van der Waals surface area contributed by atoms with E-state index in [0.29, 0.717) is 15.2 Å². The quantitative estimate of drug-likeness (QED) is 0.618. The van der Waals surface area contributed by atoms with Gasteiger partial charge < -0.3 is 10.1 Å². The van der Waals surface area contributed by atoms with Crippen molar-refractivity contribution in [1.82, 2.24) is 10.2 Å². The highest BCUT2D eigenvalue weighted by Gasteiger charge is 2.16. The van der Waals surface area contributed by atoms with Crippen molar-refractivity contribution in [2.24, 2.45) is 0 Å². The molecule has 1 heterocycles. The number of hydrogen-bond acceptors (Lipinski definition) is 7. The van der Waals surface area contributed by atoms with Gasteiger partial charge in [0.25, 0.3) is 0 Å². The number of anilines is 1. The molecule has 9 heteroatoms. The third-order valence-corrected chi connectivity index (χ3v) is 3.55. The van der Waals surface area contributed by atoms with Crippen molar-refractivity contribution >= 4 is 33.8 Å². The van der Waals surface area contributed by atoms with Crippen LogP contribution in [-0.2, 0) is 6.61 Å². The van der Waals surface area contributed by atoms with Crippen LogP contribution in [0.3, 0.4) is 0 Å². The molecule has 0 spiro atoms. The molecule has 7 nitrogen and oxygen atoms in total. The van der Waals surface area contributed by atoms with Crippen molar-refractivity contribution < 1.29 is 9.66 Å². The molecule has 0 fully saturated rings. The highest BCUT2D eigenvalue weighted by Crippen LogP contribution is 2.30. The molecule has 0 aliphatic rings. The van der Waals surface area contributed by atoms with Gasteiger partial charge in [0, 0.05) is 23.7 Å². The van der Waals surface area contributed by atoms with E-state index in [1.165, 1.54) is 29.5 Å². The van der Waals surface area contributed by atoms with Crippen molar-refractivity contribution in [2.45, 2.75) is 20.0 Å². The number of nitro benzene ring substituents is 1. The molecule has 0 saturated carbocycles. The summed E-state index contributed by atoms with van der Waals surface area (Å²) in [4.78, 5) is 10.4. The first-order valence-corrected chi connectivity index (χ1v) is 7.42. The van der Waals surface area contributed by atoms with E-state index in [1.807, 2.05) is 0 Å². The summed E-state index contributed by atoms with van der Waals surface area (Å²) in [6.45, 7) is 2.97. The second-order valence-corrected chi connectivity index (χ2v) is 5.58. The van der Waals surface area contributed by atoms with Crippen molar-refractivity contribution in [3.63, 3.8) is 0 Å². The Morgan fingerprint density at radius 2 is 2.29 bits per heavy atom. The Kier molecular flexibility index (Phi) is 5.29. The maximum atomic E-state index is 10.9. The predicted molar refractivity (Wildman–Crippen MR) is 81.1 cm³/mol. The number of benzene rings is 1. The predicted octanol–water partition coefficient (Wildman–Crippen LogP) is 3.50. The normalized spacial score (nSPS) is 10.4. The van der Waals surface area contributed by atoms with E-state index in [9.17, 15) is 10.1 Å². The van der Waals surface area contributed by atoms with Crippen LogP contribution in [0.2, 0.25) is 5.02 Å². The van der Waals surface area contributed by atoms with Crippen molar-refractivity contribution in [3.05, 3.63) is 38.3 Å². The molecular formula is C12H13ClN4O3S. The summed E-state index contributed by atoms with van der Waals surface area (Å²) in [5.74, 6) is 0.116. The van der Waals surface area contributed by atoms with Crippen LogP contribution in [0.25, 0.3) is 0 Å². The summed E-state index contributed by atoms with van der Waals surface area (Å²) in [6.07, 6.45) is 0.986. The number of ether oxygens (including phenoxy) is 1. The number of hydrogen-bond donors (Lipinski definition) is 1. The topological polar surface area (TPSA) is 90.2 Å². The number of aromatic nitrogens is 2. The smallest absolute Gasteiger partial charge is 0.311 e. The van der Waals surface area contributed by atoms with Crippen LogP contribution >= 0.6 is 22.9 Å². The van der Waals surface area contributed by atoms with Crippen LogP contribution in [0.4, 0.5) is 10.8 Å². The Labute approximate surface area is 130 Å². The van der Waals surface area contributed by atoms with Gasteiger partial charge in [0.15, 0.2) is 10.8 Å². The molecule has 0 amide bonds. The zero-order valence-electron chi connectivity index (χ0n) is 11.2. The second-order valence-electron chi connectivity index (χ2n) is 4.09. The van der Waals surface area contributed by atoms with E-state index in [2.05, 4.69) is 22.4 Å². The molecular weight excluding hydrogens is 316 g/mol. The van der Waals surface area contributed by atoms with Crippen LogP contribution in [0.5, 0.6) is 5.75 Å². The third-order valence-electron chi connectivity index (χ3n) is 2.46. The lowest BCUT2D eigenvalue weighted by Crippen LogP contribution is -1.98. The molecule has 0 radical (unpaired) electrons. The van der Waals surface area contributed by atoms with Crippen molar-refractivity contribution in [1.29, 1.82) is 0 Å². The number of halogens is 1. The van der Waals surface area contributed by atoms with E-state index >= 15 is 0 Å². The first kappa shape index (κ1) is 15.5. The Morgan fingerprint density at radius 1 is 1.48 bits per heavy atom. The minimum atomic E-state index is -0.514. The van der Waals surface area contributed by atoms with Gasteiger partial charge in [-0.25, -0.2) is 0 Å². The minimum Gasteiger partial charge on any atom is -0.479 e. The number of nitrogens with one attached hydrogen (secondary N) is 1. The maximum Gasteiger partial charge on any atom is 0.311 e. The van der Waals surface area contributed by atoms with Crippen LogP contribution in [-0.4, -0.2) is 21.7 Å². The van der Waals surface area contributed by atoms with E-state index in [0.717, 1.165) is 13.0 Å². The van der Waals surface area contributed by atoms with Gasteiger partial charge in [-0.3, -0.25) is 10.1 Å². The summed E-state index contributed by atoms with van der Waals surface area (Å²) in [7, 11) is 0. The van der Waals surface area contributed by atoms with Crippen LogP contribution < -0.4 is 10.1 Å². The van der Waals surface area contributed by atoms with Gasteiger partial charge >= 0.3 is 5.69 Å². The monoisotopic (exact) mass is 328 g/mol. The first-order chi connectivity index (χ1) is 10.1. The Hall–Kier alpha value is -1.93. The zero-order chi connectivity index (χ0) is 15.2. The van der Waals surface area contributed by atoms with E-state index < -0.39 is 4.92 Å². The lowest BCUT2D eigenvalue weighted by Gasteiger charge is -2.04. The third kappa shape index (κ3) is 4.27. The van der Waals surface area contributed by atoms with Crippen LogP contribution in [0.15, 0.2) is 18.2 Å². The fourth-order valence-corrected chi connectivity index (χ4v) is 2.35. The molecule has 0 unspecified atom stereocenters. The van der Waals surface area contributed by atoms with Crippen LogP contribution in [0.1, 0.15) is 18.4 Å². The van der Waals surface area contributed by atoms with E-state index in [1.54, 1.807) is 0 Å². The van der Waals surface area contributed by atoms with Gasteiger partial charge in [-0.05, 0) is 12.5 Å². The van der Waals surface area contributed by atoms with Gasteiger partial charge in [0.1, 0.15) is 6.61 Å². The zero-order valence-corrected chi connectivity index (χ0v) is 12.8. The minimum absolute atomic E-state index is 0.104. The Morgan fingerprint density at radius 3 is 3.00 bits per heavy atom. The summed E-state index contributed by atoms with van der Waals surface area (Å²) in [5.41, 5.74) is -0.131. The van der Waals surface area contributed by atoms with Gasteiger partial charge in [0.05, 0.1) is 4.92 Å². The fourth-order valence-electron chi connectivity index (χ4n) is 1.51. The Balaban J connectivity index is 2.04. The van der Waals surface area contributed by atoms with Gasteiger partial charge in [-0.2, -0.15) is 0 Å². The molecule has 0 aliphatic carbocycles. The molecule has 1 N–H and O–H groups in total. The summed E-state index contributed by atoms with van der Waals surface area (Å²) >= 11 is 7.18. The molecule has 0 bridgehead atoms. The fraction of sp³-hybridized carbons (Fsp3) is 0.333. The molecule has 21 heavy (non-hydrogen) atoms. The van der Waals surface area contributed by atoms with Gasteiger partial charge in [-0.15, -0.1) is 10.2 Å². The molecule has 1 aromatic carbocycles. The molecule has 2 rings (SSSR count). The molecule has 1 aromatic heterocycles. The molecule has 2 aromatic rings. The second kappa shape index (κ2) is 7.19. The SMILES string of the molecule is CCCNc1nnc(COc2cc(Cl)ccc2[N+](=O)[O-])s1. The number of nitro groups is 1. The Bertz CT molecular complexity index is 635. The molecule has 0 atom stereocenters. The lowest BCUT2D eigenvalue weighted by molar-refractivity contribution is -0.385. The average Bonchev–Trinajstić information content (AvgIpc) is 2.90. The van der Waals surface area contributed by atoms with Crippen LogP contribution in [0, 0.1) is 10.1 Å². The molecule has 112 valence electrons. The van der Waals surface area contributed by atoms with E-state index in [-0.39, 0.29) is 18.0 Å². The molecule has 0 saturated heterocycles. The van der Waals surface area contributed by atoms with Gasteiger partial charge in [0.2, 0.25) is 5.13 Å². The standard InChI is InChI=1S/C12H13ClN4O3S/c1-2-5-14-12-16-15-11(21-12)7-20-10-6-8(13)3-4-9(10)17(18)19/h3-4,6H,2,5,7H2,1H3,(H,14,16). The highest BCUT2D eigenvalue weighted by molar-refractivity contribution is 7.15. The van der Waals surface area contributed by atoms with E-state index in [4.69, 9.17) is 16.3 Å². The molecule has 0 aliphatic heterocycles. The summed E-state index contributed by atoms with van der Waals surface area (Å²) < 4.78 is 5.44. The maximum absolute atomic E-state index is 10.9.